The molecular weight excluding hydrogens is 128 g/mol. The highest BCUT2D eigenvalue weighted by Gasteiger charge is 2.25. The monoisotopic (exact) mass is 144 g/mol. The molecule has 3 heteroatoms. The van der Waals surface area contributed by atoms with E-state index in [1.807, 2.05) is 13.8 Å². The first-order valence-corrected chi connectivity index (χ1v) is 3.22. The third kappa shape index (κ3) is 2.10. The van der Waals surface area contributed by atoms with E-state index in [2.05, 4.69) is 12.0 Å². The number of rotatable bonds is 4. The van der Waals surface area contributed by atoms with Gasteiger partial charge in [-0.25, -0.2) is 0 Å². The minimum atomic E-state index is -0.295. The molecule has 0 heterocycles. The third-order valence-corrected chi connectivity index (χ3v) is 1.69. The summed E-state index contributed by atoms with van der Waals surface area (Å²) in [6, 6.07) is -0.0162. The minimum absolute atomic E-state index is 0.0162. The molecule has 3 nitrogen and oxygen atoms in total. The Morgan fingerprint density at radius 2 is 2.20 bits per heavy atom. The molecule has 0 radical (unpaired) electrons. The second kappa shape index (κ2) is 3.71. The Bertz CT molecular complexity index is 112. The summed E-state index contributed by atoms with van der Waals surface area (Å²) in [6.07, 6.45) is 1.73. The zero-order valence-corrected chi connectivity index (χ0v) is 6.85. The summed E-state index contributed by atoms with van der Waals surface area (Å²) >= 11 is 0. The quantitative estimate of drug-likeness (QED) is 0.342. The van der Waals surface area contributed by atoms with Gasteiger partial charge < -0.3 is 4.74 Å². The molecule has 0 amide bonds. The van der Waals surface area contributed by atoms with E-state index < -0.39 is 0 Å². The Morgan fingerprint density at radius 1 is 1.70 bits per heavy atom. The fraction of sp³-hybridized carbons (Fsp3) is 0.714. The summed E-state index contributed by atoms with van der Waals surface area (Å²) in [4.78, 5) is 0. The normalized spacial score (nSPS) is 14.8. The summed E-state index contributed by atoms with van der Waals surface area (Å²) in [5.41, 5.74) is 2.30. The van der Waals surface area contributed by atoms with E-state index in [0.29, 0.717) is 0 Å². The van der Waals surface area contributed by atoms with Gasteiger partial charge in [0.1, 0.15) is 0 Å². The lowest BCUT2D eigenvalue weighted by Gasteiger charge is -2.29. The standard InChI is InChI=1S/C7H16N2O/c1-5-6(9-8)7(2,3)10-4/h5-6,9H,1,8H2,2-4H3. The molecule has 0 spiro atoms. The Morgan fingerprint density at radius 3 is 2.30 bits per heavy atom. The maximum atomic E-state index is 5.24. The van der Waals surface area contributed by atoms with Gasteiger partial charge in [-0.05, 0) is 13.8 Å². The molecule has 0 rings (SSSR count). The van der Waals surface area contributed by atoms with Crippen LogP contribution in [0.4, 0.5) is 0 Å². The molecule has 1 unspecified atom stereocenters. The Hall–Kier alpha value is -0.380. The Kier molecular flexibility index (Phi) is 3.57. The second-order valence-corrected chi connectivity index (χ2v) is 2.69. The topological polar surface area (TPSA) is 47.3 Å². The van der Waals surface area contributed by atoms with Gasteiger partial charge in [0.15, 0.2) is 0 Å². The van der Waals surface area contributed by atoms with Crippen molar-refractivity contribution in [3.63, 3.8) is 0 Å². The number of hydrazine groups is 1. The molecule has 3 N–H and O–H groups in total. The molecule has 0 saturated heterocycles. The van der Waals surface area contributed by atoms with E-state index in [-0.39, 0.29) is 11.6 Å². The van der Waals surface area contributed by atoms with Crippen LogP contribution in [0.2, 0.25) is 0 Å². The van der Waals surface area contributed by atoms with Crippen LogP contribution < -0.4 is 11.3 Å². The molecule has 0 aliphatic heterocycles. The van der Waals surface area contributed by atoms with Crippen LogP contribution in [-0.2, 0) is 4.74 Å². The van der Waals surface area contributed by atoms with Crippen LogP contribution in [0.5, 0.6) is 0 Å². The van der Waals surface area contributed by atoms with Crippen molar-refractivity contribution in [2.45, 2.75) is 25.5 Å². The van der Waals surface area contributed by atoms with Gasteiger partial charge in [0.05, 0.1) is 11.6 Å². The maximum Gasteiger partial charge on any atom is 0.0823 e. The van der Waals surface area contributed by atoms with Crippen LogP contribution in [0.25, 0.3) is 0 Å². The highest BCUT2D eigenvalue weighted by Crippen LogP contribution is 2.12. The van der Waals surface area contributed by atoms with Crippen molar-refractivity contribution in [3.05, 3.63) is 12.7 Å². The summed E-state index contributed by atoms with van der Waals surface area (Å²) in [7, 11) is 1.65. The van der Waals surface area contributed by atoms with Crippen LogP contribution in [0.3, 0.4) is 0 Å². The molecule has 0 aromatic carbocycles. The zero-order chi connectivity index (χ0) is 8.20. The molecule has 0 fully saturated rings. The van der Waals surface area contributed by atoms with Gasteiger partial charge in [-0.1, -0.05) is 6.08 Å². The van der Waals surface area contributed by atoms with Crippen LogP contribution in [-0.4, -0.2) is 18.8 Å². The number of nitrogens with two attached hydrogens (primary N) is 1. The summed E-state index contributed by atoms with van der Waals surface area (Å²) in [6.45, 7) is 7.51. The fourth-order valence-electron chi connectivity index (χ4n) is 0.680. The maximum absolute atomic E-state index is 5.24. The van der Waals surface area contributed by atoms with Gasteiger partial charge in [-0.15, -0.1) is 6.58 Å². The van der Waals surface area contributed by atoms with Crippen molar-refractivity contribution in [1.29, 1.82) is 0 Å². The van der Waals surface area contributed by atoms with Crippen molar-refractivity contribution in [3.8, 4) is 0 Å². The zero-order valence-electron chi connectivity index (χ0n) is 6.85. The molecule has 0 saturated carbocycles. The third-order valence-electron chi connectivity index (χ3n) is 1.69. The highest BCUT2D eigenvalue weighted by atomic mass is 16.5. The van der Waals surface area contributed by atoms with Crippen molar-refractivity contribution in [2.24, 2.45) is 5.84 Å². The van der Waals surface area contributed by atoms with Crippen molar-refractivity contribution < 1.29 is 4.74 Å². The number of methoxy groups -OCH3 is 1. The second-order valence-electron chi connectivity index (χ2n) is 2.69. The van der Waals surface area contributed by atoms with Crippen LogP contribution in [0, 0.1) is 0 Å². The average molecular weight is 144 g/mol. The molecule has 0 aromatic heterocycles. The van der Waals surface area contributed by atoms with Crippen LogP contribution in [0.1, 0.15) is 13.8 Å². The van der Waals surface area contributed by atoms with Crippen molar-refractivity contribution in [2.75, 3.05) is 7.11 Å². The molecule has 0 aromatic rings. The van der Waals surface area contributed by atoms with E-state index in [9.17, 15) is 0 Å². The lowest BCUT2D eigenvalue weighted by molar-refractivity contribution is 0.00310. The first kappa shape index (κ1) is 9.62. The summed E-state index contributed by atoms with van der Waals surface area (Å²) in [5.74, 6) is 5.24. The Labute approximate surface area is 62.2 Å². The number of hydrogen-bond donors (Lipinski definition) is 2. The number of hydrogen-bond acceptors (Lipinski definition) is 3. The van der Waals surface area contributed by atoms with E-state index in [0.717, 1.165) is 0 Å². The van der Waals surface area contributed by atoms with Gasteiger partial charge in [0.25, 0.3) is 0 Å². The predicted molar refractivity (Wildman–Crippen MR) is 42.4 cm³/mol. The fourth-order valence-corrected chi connectivity index (χ4v) is 0.680. The highest BCUT2D eigenvalue weighted by molar-refractivity contribution is 4.96. The van der Waals surface area contributed by atoms with Gasteiger partial charge in [0, 0.05) is 7.11 Å². The molecule has 0 aliphatic carbocycles. The van der Waals surface area contributed by atoms with E-state index >= 15 is 0 Å². The summed E-state index contributed by atoms with van der Waals surface area (Å²) < 4.78 is 5.17. The lowest BCUT2D eigenvalue weighted by atomic mass is 10.00. The largest absolute Gasteiger partial charge is 0.377 e. The van der Waals surface area contributed by atoms with E-state index in [1.165, 1.54) is 0 Å². The molecular formula is C7H16N2O. The van der Waals surface area contributed by atoms with E-state index in [1.54, 1.807) is 13.2 Å². The smallest absolute Gasteiger partial charge is 0.0823 e. The van der Waals surface area contributed by atoms with Crippen molar-refractivity contribution in [1.82, 2.24) is 5.43 Å². The molecule has 60 valence electrons. The number of ether oxygens (including phenoxy) is 1. The van der Waals surface area contributed by atoms with Crippen molar-refractivity contribution >= 4 is 0 Å². The van der Waals surface area contributed by atoms with Crippen LogP contribution >= 0.6 is 0 Å². The molecule has 0 aliphatic rings. The average Bonchev–Trinajstić information content (AvgIpc) is 1.90. The molecule has 0 bridgehead atoms. The first-order chi connectivity index (χ1) is 4.58. The van der Waals surface area contributed by atoms with E-state index in [4.69, 9.17) is 10.6 Å². The first-order valence-electron chi connectivity index (χ1n) is 3.22. The lowest BCUT2D eigenvalue weighted by Crippen LogP contribution is -2.49. The number of nitrogens with one attached hydrogen (secondary N) is 1. The van der Waals surface area contributed by atoms with Gasteiger partial charge in [-0.3, -0.25) is 11.3 Å². The predicted octanol–water partition coefficient (Wildman–Crippen LogP) is 0.429. The molecule has 1 atom stereocenters. The van der Waals surface area contributed by atoms with Gasteiger partial charge in [-0.2, -0.15) is 0 Å². The SMILES string of the molecule is C=CC(NN)C(C)(C)OC. The Balaban J connectivity index is 4.10. The molecule has 10 heavy (non-hydrogen) atoms. The minimum Gasteiger partial charge on any atom is -0.377 e. The van der Waals surface area contributed by atoms with Gasteiger partial charge in [0.2, 0.25) is 0 Å². The van der Waals surface area contributed by atoms with Crippen LogP contribution in [0.15, 0.2) is 12.7 Å². The summed E-state index contributed by atoms with van der Waals surface area (Å²) in [5, 5.41) is 0. The van der Waals surface area contributed by atoms with Gasteiger partial charge >= 0.3 is 0 Å².